The molecule has 5 heteroatoms. The highest BCUT2D eigenvalue weighted by Crippen LogP contribution is 2.32. The Labute approximate surface area is 151 Å². The molecule has 1 aromatic carbocycles. The number of hydrogen-bond acceptors (Lipinski definition) is 2. The van der Waals surface area contributed by atoms with Crippen molar-refractivity contribution >= 4 is 17.5 Å². The van der Waals surface area contributed by atoms with Crippen LogP contribution in [-0.2, 0) is 6.42 Å². The fraction of sp³-hybridized carbons (Fsp3) is 0.100. The van der Waals surface area contributed by atoms with Gasteiger partial charge in [-0.05, 0) is 35.4 Å². The molecule has 2 aliphatic carbocycles. The van der Waals surface area contributed by atoms with Crippen LogP contribution in [0.15, 0.2) is 55.0 Å². The Bertz CT molecular complexity index is 909. The van der Waals surface area contributed by atoms with Gasteiger partial charge in [0.05, 0.1) is 11.9 Å². The molecule has 0 fully saturated rings. The summed E-state index contributed by atoms with van der Waals surface area (Å²) >= 11 is 5.83. The summed E-state index contributed by atoms with van der Waals surface area (Å²) in [5, 5.41) is 3.32. The average molecular weight is 350 g/mol. The molecule has 1 aromatic heterocycles. The predicted octanol–water partition coefficient (Wildman–Crippen LogP) is 3.68. The van der Waals surface area contributed by atoms with E-state index >= 15 is 0 Å². The van der Waals surface area contributed by atoms with Crippen molar-refractivity contribution in [2.45, 2.75) is 6.42 Å². The van der Waals surface area contributed by atoms with Gasteiger partial charge in [-0.15, -0.1) is 6.42 Å². The molecule has 4 nitrogen and oxygen atoms in total. The van der Waals surface area contributed by atoms with Gasteiger partial charge in [-0.1, -0.05) is 35.7 Å². The van der Waals surface area contributed by atoms with Crippen LogP contribution in [0.25, 0.3) is 11.1 Å². The van der Waals surface area contributed by atoms with Gasteiger partial charge < -0.3 is 10.3 Å². The van der Waals surface area contributed by atoms with E-state index in [1.165, 1.54) is 11.1 Å². The van der Waals surface area contributed by atoms with Crippen molar-refractivity contribution in [2.24, 2.45) is 0 Å². The highest BCUT2D eigenvalue weighted by molar-refractivity contribution is 6.30. The monoisotopic (exact) mass is 349 g/mol. The molecule has 2 aromatic rings. The van der Waals surface area contributed by atoms with Crippen LogP contribution >= 0.6 is 11.6 Å². The number of aromatic nitrogens is 2. The van der Waals surface area contributed by atoms with Crippen molar-refractivity contribution in [3.8, 4) is 23.5 Å². The second kappa shape index (κ2) is 7.69. The number of amides is 1. The highest BCUT2D eigenvalue weighted by Gasteiger charge is 2.10. The topological polar surface area (TPSA) is 57.8 Å². The van der Waals surface area contributed by atoms with Gasteiger partial charge in [0.1, 0.15) is 0 Å². The number of benzene rings is 2. The van der Waals surface area contributed by atoms with Crippen molar-refractivity contribution in [2.75, 3.05) is 6.54 Å². The Hall–Kier alpha value is -3.03. The lowest BCUT2D eigenvalue weighted by molar-refractivity contribution is 0.0954. The zero-order valence-electron chi connectivity index (χ0n) is 13.4. The van der Waals surface area contributed by atoms with Crippen LogP contribution in [0.2, 0.25) is 5.02 Å². The second-order valence-electron chi connectivity index (χ2n) is 5.50. The van der Waals surface area contributed by atoms with Crippen molar-refractivity contribution in [1.29, 1.82) is 0 Å². The summed E-state index contributed by atoms with van der Waals surface area (Å²) in [7, 11) is 0. The third kappa shape index (κ3) is 4.50. The molecule has 0 saturated carbocycles. The molecule has 1 amide bonds. The smallest absolute Gasteiger partial charge is 0.252 e. The fourth-order valence-electron chi connectivity index (χ4n) is 2.34. The number of terminal acetylenes is 1. The molecule has 1 heterocycles. The molecule has 0 radical (unpaired) electrons. The number of nitrogens with zero attached hydrogens (tertiary/aromatic N) is 1. The van der Waals surface area contributed by atoms with E-state index in [1.807, 2.05) is 0 Å². The molecule has 2 aliphatic rings. The van der Waals surface area contributed by atoms with Crippen LogP contribution in [0.5, 0.6) is 0 Å². The van der Waals surface area contributed by atoms with E-state index in [1.54, 1.807) is 30.7 Å². The summed E-state index contributed by atoms with van der Waals surface area (Å²) in [6.45, 7) is 0.508. The maximum Gasteiger partial charge on any atom is 0.252 e. The lowest BCUT2D eigenvalue weighted by atomic mass is 10.1. The van der Waals surface area contributed by atoms with Crippen molar-refractivity contribution in [3.63, 3.8) is 0 Å². The molecule has 0 bridgehead atoms. The molecule has 0 atom stereocenters. The Morgan fingerprint density at radius 3 is 2.60 bits per heavy atom. The lowest BCUT2D eigenvalue weighted by Gasteiger charge is -2.06. The summed E-state index contributed by atoms with van der Waals surface area (Å²) in [5.41, 5.74) is 4.77. The van der Waals surface area contributed by atoms with Crippen LogP contribution in [0, 0.1) is 12.3 Å². The number of nitrogens with one attached hydrogen (secondary N) is 2. The van der Waals surface area contributed by atoms with E-state index in [4.69, 9.17) is 18.0 Å². The number of H-pyrrole nitrogens is 1. The first-order valence-electron chi connectivity index (χ1n) is 7.79. The van der Waals surface area contributed by atoms with Crippen LogP contribution in [-0.4, -0.2) is 22.4 Å². The van der Waals surface area contributed by atoms with E-state index in [2.05, 4.69) is 45.5 Å². The minimum Gasteiger partial charge on any atom is -0.352 e. The average Bonchev–Trinajstić information content (AvgIpc) is 3.02. The van der Waals surface area contributed by atoms with Crippen molar-refractivity contribution in [3.05, 3.63) is 76.8 Å². The largest absolute Gasteiger partial charge is 0.352 e. The zero-order valence-corrected chi connectivity index (χ0v) is 14.2. The van der Waals surface area contributed by atoms with E-state index in [9.17, 15) is 4.79 Å². The Morgan fingerprint density at radius 2 is 2.04 bits per heavy atom. The van der Waals surface area contributed by atoms with E-state index in [-0.39, 0.29) is 5.91 Å². The molecule has 0 spiro atoms. The molecular formula is C20H16ClN3O. The number of hydrogen-bond donors (Lipinski definition) is 2. The van der Waals surface area contributed by atoms with Gasteiger partial charge in [-0.2, -0.15) is 0 Å². The highest BCUT2D eigenvalue weighted by atomic mass is 35.5. The van der Waals surface area contributed by atoms with Crippen molar-refractivity contribution in [1.82, 2.24) is 15.3 Å². The van der Waals surface area contributed by atoms with E-state index in [0.717, 1.165) is 5.69 Å². The minimum atomic E-state index is -0.205. The Balaban J connectivity index is 0.000000250. The van der Waals surface area contributed by atoms with E-state index < -0.39 is 0 Å². The Morgan fingerprint density at radius 1 is 1.24 bits per heavy atom. The third-order valence-corrected chi connectivity index (χ3v) is 3.96. The molecule has 124 valence electrons. The van der Waals surface area contributed by atoms with Crippen LogP contribution in [0.1, 0.15) is 21.6 Å². The van der Waals surface area contributed by atoms with Gasteiger partial charge in [0.25, 0.3) is 5.91 Å². The van der Waals surface area contributed by atoms with Crippen LogP contribution in [0.4, 0.5) is 0 Å². The summed E-state index contributed by atoms with van der Waals surface area (Å²) in [5.74, 6) is 2.26. The van der Waals surface area contributed by atoms with Crippen LogP contribution in [0.3, 0.4) is 0 Å². The standard InChI is InChI=1S/C14H12ClN3O.C6H4/c1-2-10-7-11(15)3-4-13(10)14(19)17-6-5-12-8-16-9-18-12;1-2-5-4-6(5)3-1/h1,3-4,7-9H,5-6H2,(H,16,18)(H,17,19);1-4H. The van der Waals surface area contributed by atoms with E-state index in [0.29, 0.717) is 29.1 Å². The first kappa shape index (κ1) is 16.8. The van der Waals surface area contributed by atoms with Gasteiger partial charge >= 0.3 is 0 Å². The van der Waals surface area contributed by atoms with Gasteiger partial charge in [-0.25, -0.2) is 4.98 Å². The van der Waals surface area contributed by atoms with Gasteiger partial charge in [0.15, 0.2) is 0 Å². The summed E-state index contributed by atoms with van der Waals surface area (Å²) in [6.07, 6.45) is 9.37. The zero-order chi connectivity index (χ0) is 17.6. The summed E-state index contributed by atoms with van der Waals surface area (Å²) < 4.78 is 0. The van der Waals surface area contributed by atoms with Crippen molar-refractivity contribution < 1.29 is 4.79 Å². The number of carbonyl (C=O) groups is 1. The molecular weight excluding hydrogens is 334 g/mol. The Kier molecular flexibility index (Phi) is 5.17. The molecule has 0 saturated heterocycles. The molecule has 2 N–H and O–H groups in total. The molecule has 4 rings (SSSR count). The quantitative estimate of drug-likeness (QED) is 0.552. The maximum atomic E-state index is 12.0. The normalized spacial score (nSPS) is 10.2. The lowest BCUT2D eigenvalue weighted by Crippen LogP contribution is -2.26. The number of imidazole rings is 1. The third-order valence-electron chi connectivity index (χ3n) is 3.73. The summed E-state index contributed by atoms with van der Waals surface area (Å²) in [6, 6.07) is 13.4. The molecule has 0 unspecified atom stereocenters. The second-order valence-corrected chi connectivity index (χ2v) is 5.93. The fourth-order valence-corrected chi connectivity index (χ4v) is 2.51. The number of rotatable bonds is 4. The number of aromatic amines is 1. The first-order valence-corrected chi connectivity index (χ1v) is 8.17. The minimum absolute atomic E-state index is 0.205. The predicted molar refractivity (Wildman–Crippen MR) is 99.4 cm³/mol. The first-order chi connectivity index (χ1) is 12.2. The summed E-state index contributed by atoms with van der Waals surface area (Å²) in [4.78, 5) is 18.9. The van der Waals surface area contributed by atoms with Gasteiger partial charge in [0.2, 0.25) is 0 Å². The maximum absolute atomic E-state index is 12.0. The molecule has 0 aliphatic heterocycles. The molecule has 25 heavy (non-hydrogen) atoms. The van der Waals surface area contributed by atoms with Gasteiger partial charge in [0, 0.05) is 35.4 Å². The van der Waals surface area contributed by atoms with Crippen LogP contribution < -0.4 is 5.32 Å². The number of halogens is 1. The number of carbonyl (C=O) groups excluding carboxylic acids is 1. The SMILES string of the molecule is C#Cc1cc(Cl)ccc1C(=O)NCCc1cnc[nH]1.c1cc2cc-2c1. The number of fused-ring (bicyclic) bond motifs is 1. The van der Waals surface area contributed by atoms with Gasteiger partial charge in [-0.3, -0.25) is 4.79 Å².